The molecule has 1 aromatic heterocycles. The van der Waals surface area contributed by atoms with E-state index in [1.54, 1.807) is 0 Å². The minimum absolute atomic E-state index is 0.0516. The van der Waals surface area contributed by atoms with E-state index >= 15 is 0 Å². The largest absolute Gasteiger partial charge is 0.511 e. The van der Waals surface area contributed by atoms with Crippen molar-refractivity contribution in [3.8, 4) is 5.75 Å². The first kappa shape index (κ1) is 13.9. The molecule has 20 heavy (non-hydrogen) atoms. The van der Waals surface area contributed by atoms with E-state index in [0.29, 0.717) is 6.07 Å². The van der Waals surface area contributed by atoms with Crippen LogP contribution in [0, 0.1) is 11.6 Å². The van der Waals surface area contributed by atoms with Crippen molar-refractivity contribution >= 4 is 17.1 Å². The minimum atomic E-state index is -1.74. The number of aryl methyl sites for hydroxylation is 1. The van der Waals surface area contributed by atoms with E-state index in [2.05, 4.69) is 4.74 Å². The van der Waals surface area contributed by atoms with Crippen LogP contribution in [0.15, 0.2) is 23.1 Å². The second-order valence-electron chi connectivity index (χ2n) is 3.86. The molecule has 0 radical (unpaired) electrons. The van der Waals surface area contributed by atoms with E-state index in [0.717, 1.165) is 16.8 Å². The van der Waals surface area contributed by atoms with Crippen LogP contribution in [0.1, 0.15) is 0 Å². The molecule has 106 valence electrons. The standard InChI is InChI=1S/C12H8F3NO4/c13-1-2-16-5-10(20-12(18)19)11(17)6-3-7(14)8(15)4-9(6)16/h3-5H,1-2H2,(H,18,19). The van der Waals surface area contributed by atoms with Gasteiger partial charge in [-0.25, -0.2) is 18.0 Å². The second-order valence-corrected chi connectivity index (χ2v) is 3.86. The van der Waals surface area contributed by atoms with Crippen molar-refractivity contribution in [2.24, 2.45) is 0 Å². The molecule has 0 aliphatic heterocycles. The number of pyridine rings is 1. The number of ether oxygens (including phenoxy) is 1. The summed E-state index contributed by atoms with van der Waals surface area (Å²) in [5.74, 6) is -3.07. The first-order valence-corrected chi connectivity index (χ1v) is 5.43. The molecule has 0 saturated heterocycles. The van der Waals surface area contributed by atoms with Crippen LogP contribution in [0.5, 0.6) is 5.75 Å². The lowest BCUT2D eigenvalue weighted by molar-refractivity contribution is 0.143. The normalized spacial score (nSPS) is 10.8. The zero-order valence-electron chi connectivity index (χ0n) is 9.90. The Morgan fingerprint density at radius 3 is 2.55 bits per heavy atom. The molecule has 0 aliphatic carbocycles. The van der Waals surface area contributed by atoms with Crippen LogP contribution in [-0.4, -0.2) is 22.5 Å². The van der Waals surface area contributed by atoms with E-state index in [9.17, 15) is 22.8 Å². The molecule has 2 rings (SSSR count). The van der Waals surface area contributed by atoms with E-state index in [4.69, 9.17) is 5.11 Å². The van der Waals surface area contributed by atoms with Crippen LogP contribution >= 0.6 is 0 Å². The molecule has 1 aromatic carbocycles. The Balaban J connectivity index is 2.80. The molecule has 0 aliphatic rings. The Morgan fingerprint density at radius 1 is 1.30 bits per heavy atom. The third kappa shape index (κ3) is 2.44. The van der Waals surface area contributed by atoms with Gasteiger partial charge in [0.1, 0.15) is 6.67 Å². The lowest BCUT2D eigenvalue weighted by Gasteiger charge is -2.11. The molecule has 0 fully saturated rings. The Labute approximate surface area is 109 Å². The van der Waals surface area contributed by atoms with Crippen LogP contribution in [0.2, 0.25) is 0 Å². The van der Waals surface area contributed by atoms with Gasteiger partial charge in [0, 0.05) is 6.07 Å². The highest BCUT2D eigenvalue weighted by atomic mass is 19.2. The van der Waals surface area contributed by atoms with Crippen LogP contribution in [0.3, 0.4) is 0 Å². The number of halogens is 3. The van der Waals surface area contributed by atoms with Gasteiger partial charge in [-0.2, -0.15) is 0 Å². The lowest BCUT2D eigenvalue weighted by atomic mass is 10.2. The minimum Gasteiger partial charge on any atom is -0.449 e. The Kier molecular flexibility index (Phi) is 3.64. The average molecular weight is 287 g/mol. The summed E-state index contributed by atoms with van der Waals surface area (Å²) in [6.45, 7) is -1.11. The number of fused-ring (bicyclic) bond motifs is 1. The molecule has 0 atom stereocenters. The summed E-state index contributed by atoms with van der Waals surface area (Å²) in [7, 11) is 0. The molecule has 1 heterocycles. The molecule has 0 spiro atoms. The molecule has 0 saturated carbocycles. The van der Waals surface area contributed by atoms with Gasteiger partial charge in [-0.1, -0.05) is 0 Å². The summed E-state index contributed by atoms with van der Waals surface area (Å²) in [6, 6.07) is 1.36. The summed E-state index contributed by atoms with van der Waals surface area (Å²) in [6.07, 6.45) is -0.800. The summed E-state index contributed by atoms with van der Waals surface area (Å²) in [5, 5.41) is 8.21. The number of rotatable bonds is 3. The highest BCUT2D eigenvalue weighted by Gasteiger charge is 2.15. The van der Waals surface area contributed by atoms with Crippen molar-refractivity contribution in [2.45, 2.75) is 6.54 Å². The summed E-state index contributed by atoms with van der Waals surface area (Å²) >= 11 is 0. The van der Waals surface area contributed by atoms with Crippen molar-refractivity contribution in [3.63, 3.8) is 0 Å². The third-order valence-electron chi connectivity index (χ3n) is 2.61. The average Bonchev–Trinajstić information content (AvgIpc) is 2.37. The van der Waals surface area contributed by atoms with E-state index < -0.39 is 35.6 Å². The fourth-order valence-corrected chi connectivity index (χ4v) is 1.80. The van der Waals surface area contributed by atoms with E-state index in [1.165, 1.54) is 0 Å². The van der Waals surface area contributed by atoms with Crippen molar-refractivity contribution in [1.29, 1.82) is 0 Å². The molecule has 8 heteroatoms. The van der Waals surface area contributed by atoms with Gasteiger partial charge in [0.25, 0.3) is 0 Å². The van der Waals surface area contributed by atoms with Crippen molar-refractivity contribution < 1.29 is 27.8 Å². The van der Waals surface area contributed by atoms with Gasteiger partial charge in [-0.3, -0.25) is 4.79 Å². The molecule has 2 aromatic rings. The van der Waals surface area contributed by atoms with Crippen molar-refractivity contribution in [3.05, 3.63) is 40.2 Å². The highest BCUT2D eigenvalue weighted by Crippen LogP contribution is 2.19. The highest BCUT2D eigenvalue weighted by molar-refractivity contribution is 5.81. The monoisotopic (exact) mass is 287 g/mol. The summed E-state index contributed by atoms with van der Waals surface area (Å²) in [4.78, 5) is 22.4. The predicted octanol–water partition coefficient (Wildman–Crippen LogP) is 2.31. The summed E-state index contributed by atoms with van der Waals surface area (Å²) < 4.78 is 44.2. The molecular formula is C12H8F3NO4. The maximum absolute atomic E-state index is 13.2. The number of alkyl halides is 1. The van der Waals surface area contributed by atoms with Gasteiger partial charge in [-0.15, -0.1) is 0 Å². The Bertz CT molecular complexity index is 742. The number of carbonyl (C=O) groups is 1. The molecule has 5 nitrogen and oxygen atoms in total. The SMILES string of the molecule is O=C(O)Oc1cn(CCF)c2cc(F)c(F)cc2c1=O. The van der Waals surface area contributed by atoms with E-state index in [-0.39, 0.29) is 17.4 Å². The van der Waals surface area contributed by atoms with E-state index in [1.807, 2.05) is 0 Å². The van der Waals surface area contributed by atoms with Crippen molar-refractivity contribution in [2.75, 3.05) is 6.67 Å². The number of hydrogen-bond donors (Lipinski definition) is 1. The summed E-state index contributed by atoms with van der Waals surface area (Å²) in [5.41, 5.74) is -0.972. The Morgan fingerprint density at radius 2 is 1.95 bits per heavy atom. The number of hydrogen-bond acceptors (Lipinski definition) is 3. The first-order chi connectivity index (χ1) is 9.43. The van der Waals surface area contributed by atoms with Gasteiger partial charge in [0.2, 0.25) is 5.43 Å². The van der Waals surface area contributed by atoms with Gasteiger partial charge < -0.3 is 14.4 Å². The number of nitrogens with zero attached hydrogens (tertiary/aromatic N) is 1. The third-order valence-corrected chi connectivity index (χ3v) is 2.61. The first-order valence-electron chi connectivity index (χ1n) is 5.43. The van der Waals surface area contributed by atoms with Crippen LogP contribution in [0.4, 0.5) is 18.0 Å². The molecular weight excluding hydrogens is 279 g/mol. The van der Waals surface area contributed by atoms with Crippen LogP contribution < -0.4 is 10.2 Å². The number of benzene rings is 1. The second kappa shape index (κ2) is 5.24. The van der Waals surface area contributed by atoms with Gasteiger partial charge in [0.15, 0.2) is 17.4 Å². The van der Waals surface area contributed by atoms with Gasteiger partial charge in [0.05, 0.1) is 23.6 Å². The molecule has 0 unspecified atom stereocenters. The molecule has 0 amide bonds. The number of aromatic nitrogens is 1. The van der Waals surface area contributed by atoms with Crippen molar-refractivity contribution in [1.82, 2.24) is 4.57 Å². The predicted molar refractivity (Wildman–Crippen MR) is 62.8 cm³/mol. The number of carboxylic acid groups (broad SMARTS) is 1. The van der Waals surface area contributed by atoms with Gasteiger partial charge in [-0.05, 0) is 6.07 Å². The maximum atomic E-state index is 13.2. The van der Waals surface area contributed by atoms with Crippen LogP contribution in [-0.2, 0) is 6.54 Å². The van der Waals surface area contributed by atoms with Gasteiger partial charge >= 0.3 is 6.16 Å². The topological polar surface area (TPSA) is 68.5 Å². The zero-order valence-corrected chi connectivity index (χ0v) is 9.90. The Hall–Kier alpha value is -2.51. The lowest BCUT2D eigenvalue weighted by Crippen LogP contribution is -2.17. The molecule has 0 bridgehead atoms. The fraction of sp³-hybridized carbons (Fsp3) is 0.167. The zero-order chi connectivity index (χ0) is 14.9. The quantitative estimate of drug-likeness (QED) is 0.879. The maximum Gasteiger partial charge on any atom is 0.511 e. The fourth-order valence-electron chi connectivity index (χ4n) is 1.80. The molecule has 1 N–H and O–H groups in total. The van der Waals surface area contributed by atoms with Crippen LogP contribution in [0.25, 0.3) is 10.9 Å². The smallest absolute Gasteiger partial charge is 0.449 e.